The number of amides is 1. The van der Waals surface area contributed by atoms with Crippen molar-refractivity contribution in [2.75, 3.05) is 11.9 Å². The Bertz CT molecular complexity index is 1540. The highest BCUT2D eigenvalue weighted by Crippen LogP contribution is 2.38. The molecule has 210 valence electrons. The molecule has 0 aliphatic carbocycles. The molecule has 4 aromatic rings. The SMILES string of the molecule is CC(C)Cn1c(N(C)C(=O)OC(C)(C)C)c(-c2ccc(CN)cc2)c2cc(OCc3ccccc3)ccc2c1=O. The summed E-state index contributed by atoms with van der Waals surface area (Å²) in [5, 5.41) is 1.24. The molecule has 0 aliphatic heterocycles. The second-order valence-corrected chi connectivity index (χ2v) is 11.4. The van der Waals surface area contributed by atoms with E-state index < -0.39 is 11.7 Å². The van der Waals surface area contributed by atoms with Gasteiger partial charge in [-0.05, 0) is 61.6 Å². The highest BCUT2D eigenvalue weighted by Gasteiger charge is 2.28. The molecule has 7 nitrogen and oxygen atoms in total. The van der Waals surface area contributed by atoms with E-state index in [9.17, 15) is 9.59 Å². The first-order valence-electron chi connectivity index (χ1n) is 13.6. The first kappa shape index (κ1) is 28.9. The highest BCUT2D eigenvalue weighted by atomic mass is 16.6. The maximum atomic E-state index is 14.0. The lowest BCUT2D eigenvalue weighted by Crippen LogP contribution is -2.38. The molecule has 0 spiro atoms. The molecule has 0 radical (unpaired) electrons. The van der Waals surface area contributed by atoms with Crippen molar-refractivity contribution in [2.45, 2.75) is 59.9 Å². The lowest BCUT2D eigenvalue weighted by Gasteiger charge is -2.29. The summed E-state index contributed by atoms with van der Waals surface area (Å²) in [6.07, 6.45) is -0.542. The molecule has 0 saturated heterocycles. The molecule has 0 aliphatic rings. The van der Waals surface area contributed by atoms with E-state index in [-0.39, 0.29) is 11.5 Å². The van der Waals surface area contributed by atoms with Gasteiger partial charge >= 0.3 is 6.09 Å². The van der Waals surface area contributed by atoms with Crippen LogP contribution in [0.4, 0.5) is 10.6 Å². The minimum Gasteiger partial charge on any atom is -0.489 e. The van der Waals surface area contributed by atoms with Gasteiger partial charge in [0.2, 0.25) is 0 Å². The summed E-state index contributed by atoms with van der Waals surface area (Å²) in [4.78, 5) is 28.8. The van der Waals surface area contributed by atoms with Gasteiger partial charge in [-0.15, -0.1) is 0 Å². The number of aromatic nitrogens is 1. The number of carbonyl (C=O) groups is 1. The third-order valence-corrected chi connectivity index (χ3v) is 6.47. The number of fused-ring (bicyclic) bond motifs is 1. The molecule has 2 N–H and O–H groups in total. The standard InChI is InChI=1S/C33H39N3O4/c1-22(2)20-36-30(35(6)32(38)40-33(3,4)5)29(25-14-12-23(19-34)13-15-25)28-18-26(16-17-27(28)31(36)37)39-21-24-10-8-7-9-11-24/h7-18,22H,19-21,34H2,1-6H3. The van der Waals surface area contributed by atoms with Crippen LogP contribution in [0, 0.1) is 5.92 Å². The Labute approximate surface area is 236 Å². The summed E-state index contributed by atoms with van der Waals surface area (Å²) in [5.41, 5.74) is 8.62. The third kappa shape index (κ3) is 6.54. The number of nitrogens with two attached hydrogens (primary N) is 1. The number of hydrogen-bond acceptors (Lipinski definition) is 5. The van der Waals surface area contributed by atoms with Gasteiger partial charge in [0.25, 0.3) is 5.56 Å². The molecule has 4 rings (SSSR count). The largest absolute Gasteiger partial charge is 0.489 e. The molecular weight excluding hydrogens is 502 g/mol. The van der Waals surface area contributed by atoms with Crippen LogP contribution in [0.5, 0.6) is 5.75 Å². The summed E-state index contributed by atoms with van der Waals surface area (Å²) in [7, 11) is 1.65. The minimum atomic E-state index is -0.702. The van der Waals surface area contributed by atoms with Crippen molar-refractivity contribution in [3.63, 3.8) is 0 Å². The van der Waals surface area contributed by atoms with Gasteiger partial charge in [0.05, 0.1) is 0 Å². The van der Waals surface area contributed by atoms with Crippen molar-refractivity contribution in [2.24, 2.45) is 11.7 Å². The zero-order valence-electron chi connectivity index (χ0n) is 24.2. The normalized spacial score (nSPS) is 11.6. The molecule has 0 fully saturated rings. The average molecular weight is 542 g/mol. The number of carbonyl (C=O) groups excluding carboxylic acids is 1. The summed E-state index contributed by atoms with van der Waals surface area (Å²) in [6, 6.07) is 23.3. The molecule has 3 aromatic carbocycles. The molecule has 7 heteroatoms. The zero-order chi connectivity index (χ0) is 29.0. The lowest BCUT2D eigenvalue weighted by atomic mass is 9.97. The summed E-state index contributed by atoms with van der Waals surface area (Å²) in [5.74, 6) is 1.26. The fraction of sp³-hybridized carbons (Fsp3) is 0.333. The summed E-state index contributed by atoms with van der Waals surface area (Å²) in [6.45, 7) is 10.8. The van der Waals surface area contributed by atoms with Crippen molar-refractivity contribution in [1.29, 1.82) is 0 Å². The first-order valence-corrected chi connectivity index (χ1v) is 13.6. The van der Waals surface area contributed by atoms with E-state index in [1.165, 1.54) is 4.90 Å². The molecule has 0 unspecified atom stereocenters. The Morgan fingerprint density at radius 1 is 0.950 bits per heavy atom. The second-order valence-electron chi connectivity index (χ2n) is 11.4. The van der Waals surface area contributed by atoms with Crippen molar-refractivity contribution in [1.82, 2.24) is 4.57 Å². The predicted octanol–water partition coefficient (Wildman–Crippen LogP) is 6.73. The molecule has 0 bridgehead atoms. The first-order chi connectivity index (χ1) is 19.0. The van der Waals surface area contributed by atoms with E-state index >= 15 is 0 Å². The van der Waals surface area contributed by atoms with Gasteiger partial charge < -0.3 is 15.2 Å². The number of anilines is 1. The number of rotatable bonds is 8. The number of ether oxygens (including phenoxy) is 2. The van der Waals surface area contributed by atoms with Crippen LogP contribution in [0.2, 0.25) is 0 Å². The summed E-state index contributed by atoms with van der Waals surface area (Å²) < 4.78 is 13.6. The van der Waals surface area contributed by atoms with Gasteiger partial charge in [-0.25, -0.2) is 4.79 Å². The highest BCUT2D eigenvalue weighted by molar-refractivity contribution is 6.05. The Morgan fingerprint density at radius 3 is 2.23 bits per heavy atom. The Kier molecular flexibility index (Phi) is 8.64. The van der Waals surface area contributed by atoms with Crippen molar-refractivity contribution in [3.8, 4) is 16.9 Å². The molecule has 0 saturated carbocycles. The lowest BCUT2D eigenvalue weighted by molar-refractivity contribution is 0.0587. The predicted molar refractivity (Wildman–Crippen MR) is 162 cm³/mol. The number of hydrogen-bond donors (Lipinski definition) is 1. The van der Waals surface area contributed by atoms with Crippen LogP contribution in [0.1, 0.15) is 45.7 Å². The van der Waals surface area contributed by atoms with E-state index in [0.29, 0.717) is 42.0 Å². The third-order valence-electron chi connectivity index (χ3n) is 6.47. The topological polar surface area (TPSA) is 86.8 Å². The maximum Gasteiger partial charge on any atom is 0.415 e. The van der Waals surface area contributed by atoms with E-state index in [2.05, 4.69) is 0 Å². The van der Waals surface area contributed by atoms with Crippen LogP contribution in [0.3, 0.4) is 0 Å². The molecule has 1 amide bonds. The minimum absolute atomic E-state index is 0.155. The second kappa shape index (κ2) is 12.0. The van der Waals surface area contributed by atoms with Crippen LogP contribution in [-0.2, 0) is 24.4 Å². The Balaban J connectivity index is 1.98. The van der Waals surface area contributed by atoms with Crippen LogP contribution in [0.25, 0.3) is 21.9 Å². The van der Waals surface area contributed by atoms with Gasteiger partial charge in [0, 0.05) is 36.5 Å². The van der Waals surface area contributed by atoms with Crippen LogP contribution < -0.4 is 20.9 Å². The molecular formula is C33H39N3O4. The zero-order valence-corrected chi connectivity index (χ0v) is 24.2. The van der Waals surface area contributed by atoms with Gasteiger partial charge in [-0.3, -0.25) is 14.3 Å². The molecule has 1 aromatic heterocycles. The number of pyridine rings is 1. The van der Waals surface area contributed by atoms with E-state index in [0.717, 1.165) is 22.3 Å². The van der Waals surface area contributed by atoms with E-state index in [1.807, 2.05) is 107 Å². The Morgan fingerprint density at radius 2 is 1.62 bits per heavy atom. The van der Waals surface area contributed by atoms with Gasteiger partial charge in [-0.1, -0.05) is 68.4 Å². The van der Waals surface area contributed by atoms with Crippen LogP contribution >= 0.6 is 0 Å². The van der Waals surface area contributed by atoms with E-state index in [4.69, 9.17) is 15.2 Å². The summed E-state index contributed by atoms with van der Waals surface area (Å²) >= 11 is 0. The quantitative estimate of drug-likeness (QED) is 0.267. The van der Waals surface area contributed by atoms with Crippen molar-refractivity contribution in [3.05, 3.63) is 94.3 Å². The fourth-order valence-electron chi connectivity index (χ4n) is 4.64. The van der Waals surface area contributed by atoms with Gasteiger partial charge in [0.15, 0.2) is 0 Å². The average Bonchev–Trinajstić information content (AvgIpc) is 2.92. The molecule has 1 heterocycles. The molecule has 0 atom stereocenters. The van der Waals surface area contributed by atoms with E-state index in [1.54, 1.807) is 11.6 Å². The Hall–Kier alpha value is -4.10. The van der Waals surface area contributed by atoms with Crippen molar-refractivity contribution < 1.29 is 14.3 Å². The molecule has 40 heavy (non-hydrogen) atoms. The van der Waals surface area contributed by atoms with Gasteiger partial charge in [0.1, 0.15) is 23.8 Å². The monoisotopic (exact) mass is 541 g/mol. The van der Waals surface area contributed by atoms with Crippen LogP contribution in [0.15, 0.2) is 77.6 Å². The fourth-order valence-corrected chi connectivity index (χ4v) is 4.64. The van der Waals surface area contributed by atoms with Crippen molar-refractivity contribution >= 4 is 22.7 Å². The number of benzene rings is 3. The van der Waals surface area contributed by atoms with Gasteiger partial charge in [-0.2, -0.15) is 0 Å². The number of nitrogens with zero attached hydrogens (tertiary/aromatic N) is 2. The maximum absolute atomic E-state index is 14.0. The van der Waals surface area contributed by atoms with Crippen LogP contribution in [-0.4, -0.2) is 23.3 Å². The smallest absolute Gasteiger partial charge is 0.415 e.